The first-order chi connectivity index (χ1) is 11.7. The molecule has 5 rings (SSSR count). The molecule has 2 aromatic carbocycles. The number of esters is 1. The second-order valence-electron chi connectivity index (χ2n) is 6.66. The van der Waals surface area contributed by atoms with Crippen LogP contribution in [0, 0.1) is 5.92 Å². The van der Waals surface area contributed by atoms with Gasteiger partial charge in [0, 0.05) is 17.5 Å². The highest BCUT2D eigenvalue weighted by atomic mass is 16.6. The molecule has 4 nitrogen and oxygen atoms in total. The molecule has 2 aromatic rings. The van der Waals surface area contributed by atoms with Gasteiger partial charge in [0.15, 0.2) is 5.60 Å². The normalized spacial score (nSPS) is 30.2. The van der Waals surface area contributed by atoms with Crippen LogP contribution in [0.25, 0.3) is 0 Å². The number of hydrogen-bond acceptors (Lipinski definition) is 4. The fourth-order valence-corrected chi connectivity index (χ4v) is 4.50. The van der Waals surface area contributed by atoms with Gasteiger partial charge in [-0.1, -0.05) is 36.4 Å². The molecule has 1 fully saturated rings. The minimum atomic E-state index is -1.05. The summed E-state index contributed by atoms with van der Waals surface area (Å²) in [6.07, 6.45) is 1.87. The van der Waals surface area contributed by atoms with Crippen molar-refractivity contribution in [3.05, 3.63) is 65.2 Å². The lowest BCUT2D eigenvalue weighted by Gasteiger charge is -2.46. The summed E-state index contributed by atoms with van der Waals surface area (Å²) in [6.45, 7) is 0. The van der Waals surface area contributed by atoms with Crippen molar-refractivity contribution in [3.8, 4) is 5.75 Å². The van der Waals surface area contributed by atoms with E-state index in [1.165, 1.54) is 0 Å². The summed E-state index contributed by atoms with van der Waals surface area (Å²) in [5.74, 6) is -0.0172. The van der Waals surface area contributed by atoms with Crippen LogP contribution in [0.15, 0.2) is 48.5 Å². The number of Topliss-reactive ketones (excluding diaryl/α,β-unsaturated/α-hetero) is 1. The number of rotatable bonds is 0. The van der Waals surface area contributed by atoms with Crippen molar-refractivity contribution in [2.24, 2.45) is 5.92 Å². The van der Waals surface area contributed by atoms with Gasteiger partial charge in [0.1, 0.15) is 23.6 Å². The summed E-state index contributed by atoms with van der Waals surface area (Å²) < 4.78 is 12.1. The Kier molecular flexibility index (Phi) is 2.70. The second-order valence-corrected chi connectivity index (χ2v) is 6.66. The minimum Gasteiger partial charge on any atom is -0.489 e. The largest absolute Gasteiger partial charge is 0.489 e. The standard InChI is InChI=1S/C20H16O4/c21-15-9-5-11-17-18(15)20(14-8-3-4-10-16(14)23-17)13-7-2-1-6-12(13)19(22)24-20/h1-4,6-8,10,17-18H,5,9,11H2. The molecule has 0 amide bonds. The van der Waals surface area contributed by atoms with Gasteiger partial charge < -0.3 is 9.47 Å². The van der Waals surface area contributed by atoms with Gasteiger partial charge in [0.25, 0.3) is 0 Å². The molecule has 4 heteroatoms. The number of benzene rings is 2. The Bertz CT molecular complexity index is 871. The maximum Gasteiger partial charge on any atom is 0.339 e. The van der Waals surface area contributed by atoms with Crippen LogP contribution in [-0.4, -0.2) is 17.9 Å². The third-order valence-electron chi connectivity index (χ3n) is 5.43. The molecule has 0 bridgehead atoms. The summed E-state index contributed by atoms with van der Waals surface area (Å²) in [7, 11) is 0. The van der Waals surface area contributed by atoms with Crippen LogP contribution < -0.4 is 4.74 Å². The lowest BCUT2D eigenvalue weighted by atomic mass is 9.66. The number of ether oxygens (including phenoxy) is 2. The van der Waals surface area contributed by atoms with E-state index in [2.05, 4.69) is 0 Å². The molecule has 3 unspecified atom stereocenters. The second kappa shape index (κ2) is 4.69. The first kappa shape index (κ1) is 13.8. The summed E-state index contributed by atoms with van der Waals surface area (Å²) in [5.41, 5.74) is 1.06. The highest BCUT2D eigenvalue weighted by Gasteiger charge is 2.61. The molecule has 0 radical (unpaired) electrons. The van der Waals surface area contributed by atoms with Gasteiger partial charge in [-0.25, -0.2) is 4.79 Å². The zero-order valence-electron chi connectivity index (χ0n) is 13.0. The van der Waals surface area contributed by atoms with Gasteiger partial charge in [0.2, 0.25) is 0 Å². The van der Waals surface area contributed by atoms with Gasteiger partial charge in [0.05, 0.1) is 5.56 Å². The van der Waals surface area contributed by atoms with E-state index >= 15 is 0 Å². The Hall–Kier alpha value is -2.62. The van der Waals surface area contributed by atoms with E-state index in [1.807, 2.05) is 42.5 Å². The predicted octanol–water partition coefficient (Wildman–Crippen LogP) is 3.23. The molecule has 3 aliphatic rings. The maximum absolute atomic E-state index is 12.8. The third-order valence-corrected chi connectivity index (χ3v) is 5.43. The zero-order chi connectivity index (χ0) is 16.3. The van der Waals surface area contributed by atoms with E-state index in [9.17, 15) is 9.59 Å². The van der Waals surface area contributed by atoms with Gasteiger partial charge in [-0.3, -0.25) is 4.79 Å². The van der Waals surface area contributed by atoms with Crippen LogP contribution >= 0.6 is 0 Å². The van der Waals surface area contributed by atoms with Crippen molar-refractivity contribution in [2.45, 2.75) is 31.0 Å². The van der Waals surface area contributed by atoms with Gasteiger partial charge in [-0.05, 0) is 25.0 Å². The van der Waals surface area contributed by atoms with Crippen molar-refractivity contribution in [2.75, 3.05) is 0 Å². The fraction of sp³-hybridized carbons (Fsp3) is 0.300. The molecule has 0 saturated heterocycles. The number of ketones is 1. The quantitative estimate of drug-likeness (QED) is 0.699. The zero-order valence-corrected chi connectivity index (χ0v) is 13.0. The van der Waals surface area contributed by atoms with Gasteiger partial charge in [-0.2, -0.15) is 0 Å². The lowest BCUT2D eigenvalue weighted by Crippen LogP contribution is -2.54. The smallest absolute Gasteiger partial charge is 0.339 e. The van der Waals surface area contributed by atoms with Crippen LogP contribution in [0.5, 0.6) is 5.75 Å². The van der Waals surface area contributed by atoms with E-state index in [1.54, 1.807) is 6.07 Å². The Labute approximate surface area is 139 Å². The van der Waals surface area contributed by atoms with E-state index in [4.69, 9.17) is 9.47 Å². The molecule has 1 saturated carbocycles. The highest BCUT2D eigenvalue weighted by Crippen LogP contribution is 2.56. The molecule has 120 valence electrons. The van der Waals surface area contributed by atoms with E-state index in [-0.39, 0.29) is 17.9 Å². The Morgan fingerprint density at radius 1 is 0.958 bits per heavy atom. The van der Waals surface area contributed by atoms with E-state index in [0.717, 1.165) is 24.0 Å². The molecule has 1 aliphatic carbocycles. The molecular weight excluding hydrogens is 304 g/mol. The topological polar surface area (TPSA) is 52.6 Å². The maximum atomic E-state index is 12.8. The van der Waals surface area contributed by atoms with Crippen LogP contribution in [0.4, 0.5) is 0 Å². The molecule has 2 heterocycles. The van der Waals surface area contributed by atoms with Crippen LogP contribution in [0.1, 0.15) is 40.7 Å². The molecule has 2 aliphatic heterocycles. The molecule has 0 aromatic heterocycles. The molecule has 0 N–H and O–H groups in total. The van der Waals surface area contributed by atoms with Crippen LogP contribution in [0.2, 0.25) is 0 Å². The Morgan fingerprint density at radius 3 is 2.58 bits per heavy atom. The number of carbonyl (C=O) groups is 2. The predicted molar refractivity (Wildman–Crippen MR) is 85.8 cm³/mol. The summed E-state index contributed by atoms with van der Waals surface area (Å²) >= 11 is 0. The van der Waals surface area contributed by atoms with Crippen LogP contribution in [-0.2, 0) is 15.1 Å². The third kappa shape index (κ3) is 1.58. The molecule has 3 atom stereocenters. The minimum absolute atomic E-state index is 0.116. The number of para-hydroxylation sites is 1. The van der Waals surface area contributed by atoms with Crippen molar-refractivity contribution in [3.63, 3.8) is 0 Å². The van der Waals surface area contributed by atoms with Crippen molar-refractivity contribution >= 4 is 11.8 Å². The molecular formula is C20H16O4. The van der Waals surface area contributed by atoms with Crippen molar-refractivity contribution in [1.29, 1.82) is 0 Å². The average Bonchev–Trinajstić information content (AvgIpc) is 2.89. The van der Waals surface area contributed by atoms with Crippen molar-refractivity contribution < 1.29 is 19.1 Å². The van der Waals surface area contributed by atoms with Gasteiger partial charge >= 0.3 is 5.97 Å². The van der Waals surface area contributed by atoms with E-state index in [0.29, 0.717) is 17.7 Å². The monoisotopic (exact) mass is 320 g/mol. The molecule has 1 spiro atoms. The SMILES string of the molecule is O=C1OC2(c3ccccc3OC3CCCC(=O)C32)c2ccccc21. The number of fused-ring (bicyclic) bond motifs is 6. The Morgan fingerprint density at radius 2 is 1.71 bits per heavy atom. The van der Waals surface area contributed by atoms with E-state index < -0.39 is 11.5 Å². The summed E-state index contributed by atoms with van der Waals surface area (Å²) in [6, 6.07) is 15.0. The first-order valence-electron chi connectivity index (χ1n) is 8.33. The molecule has 24 heavy (non-hydrogen) atoms. The van der Waals surface area contributed by atoms with Crippen molar-refractivity contribution in [1.82, 2.24) is 0 Å². The fourth-order valence-electron chi connectivity index (χ4n) is 4.50. The number of carbonyl (C=O) groups excluding carboxylic acids is 2. The van der Waals surface area contributed by atoms with Gasteiger partial charge in [-0.15, -0.1) is 0 Å². The summed E-state index contributed by atoms with van der Waals surface area (Å²) in [5, 5.41) is 0. The first-order valence-corrected chi connectivity index (χ1v) is 8.33. The lowest BCUT2D eigenvalue weighted by molar-refractivity contribution is -0.144. The Balaban J connectivity index is 1.85. The summed E-state index contributed by atoms with van der Waals surface area (Å²) in [4.78, 5) is 25.4. The highest BCUT2D eigenvalue weighted by molar-refractivity contribution is 5.98. The average molecular weight is 320 g/mol. The number of hydrogen-bond donors (Lipinski definition) is 0. The van der Waals surface area contributed by atoms with Crippen LogP contribution in [0.3, 0.4) is 0 Å².